The van der Waals surface area contributed by atoms with Gasteiger partial charge in [0.1, 0.15) is 18.1 Å². The first-order valence-corrected chi connectivity index (χ1v) is 11.2. The number of thioether (sulfide) groups is 1. The molecule has 0 spiro atoms. The third-order valence-electron chi connectivity index (χ3n) is 4.29. The Bertz CT molecular complexity index is 634. The molecule has 178 valence electrons. The topological polar surface area (TPSA) is 214 Å². The lowest BCUT2D eigenvalue weighted by Crippen LogP contribution is -2.56. The largest absolute Gasteiger partial charge is 0.481 e. The molecule has 0 fully saturated rings. The van der Waals surface area contributed by atoms with Crippen molar-refractivity contribution in [3.05, 3.63) is 0 Å². The third kappa shape index (κ3) is 12.2. The number of carbonyl (C=O) groups is 5. The second-order valence-electron chi connectivity index (χ2n) is 6.96. The van der Waals surface area contributed by atoms with Crippen molar-refractivity contribution in [2.45, 2.75) is 63.2 Å². The molecule has 0 rings (SSSR count). The van der Waals surface area contributed by atoms with Crippen LogP contribution >= 0.6 is 11.8 Å². The van der Waals surface area contributed by atoms with E-state index in [0.717, 1.165) is 0 Å². The van der Waals surface area contributed by atoms with Crippen LogP contribution in [-0.2, 0) is 24.0 Å². The highest BCUT2D eigenvalue weighted by atomic mass is 32.2. The van der Waals surface area contributed by atoms with Gasteiger partial charge in [0.05, 0.1) is 12.5 Å². The molecule has 3 amide bonds. The first-order chi connectivity index (χ1) is 14.5. The van der Waals surface area contributed by atoms with Crippen molar-refractivity contribution >= 4 is 41.4 Å². The molecule has 0 aliphatic rings. The molecule has 0 bridgehead atoms. The third-order valence-corrected chi connectivity index (χ3v) is 4.93. The Morgan fingerprint density at radius 2 is 1.52 bits per heavy atom. The molecule has 0 aromatic rings. The number of carbonyl (C=O) groups excluding carboxylic acids is 3. The quantitative estimate of drug-likeness (QED) is 0.128. The van der Waals surface area contributed by atoms with Crippen LogP contribution in [0.5, 0.6) is 0 Å². The zero-order chi connectivity index (χ0) is 24.0. The summed E-state index contributed by atoms with van der Waals surface area (Å²) in [6, 6.07) is -4.55. The Hall–Kier alpha value is -2.38. The number of nitrogens with one attached hydrogen (secondary N) is 3. The average molecular weight is 464 g/mol. The predicted octanol–water partition coefficient (Wildman–Crippen LogP) is -1.77. The zero-order valence-electron chi connectivity index (χ0n) is 17.8. The Kier molecular flexibility index (Phi) is 14.2. The van der Waals surface area contributed by atoms with Crippen LogP contribution in [-0.4, -0.2) is 82.6 Å². The number of nitrogens with two attached hydrogens (primary N) is 2. The molecular weight excluding hydrogens is 430 g/mol. The summed E-state index contributed by atoms with van der Waals surface area (Å²) in [6.45, 7) is 1.77. The summed E-state index contributed by atoms with van der Waals surface area (Å²) in [5, 5.41) is 25.2. The molecule has 0 heterocycles. The van der Waals surface area contributed by atoms with E-state index in [1.54, 1.807) is 0 Å². The van der Waals surface area contributed by atoms with Crippen molar-refractivity contribution in [1.82, 2.24) is 16.0 Å². The highest BCUT2D eigenvalue weighted by Gasteiger charge is 2.28. The molecule has 13 heteroatoms. The van der Waals surface area contributed by atoms with Crippen molar-refractivity contribution in [3.8, 4) is 0 Å². The molecule has 0 aliphatic heterocycles. The second kappa shape index (κ2) is 15.4. The van der Waals surface area contributed by atoms with E-state index < -0.39 is 60.2 Å². The summed E-state index contributed by atoms with van der Waals surface area (Å²) in [4.78, 5) is 59.0. The number of hydrogen-bond acceptors (Lipinski definition) is 8. The summed E-state index contributed by atoms with van der Waals surface area (Å²) >= 11 is 1.44. The lowest BCUT2D eigenvalue weighted by molar-refractivity contribution is -0.142. The van der Waals surface area contributed by atoms with Gasteiger partial charge >= 0.3 is 11.9 Å². The molecule has 4 atom stereocenters. The standard InChI is InChI=1S/C18H33N5O7S/c1-10(15(26)23-13(18(29)30)6-8-31-2)21-17(28)12(5-3-4-7-19)22-16(27)11(20)9-14(24)25/h10-13H,3-9,19-20H2,1-2H3,(H,21,28)(H,22,27)(H,23,26)(H,24,25)(H,29,30). The Balaban J connectivity index is 5.04. The van der Waals surface area contributed by atoms with Crippen molar-refractivity contribution in [3.63, 3.8) is 0 Å². The van der Waals surface area contributed by atoms with E-state index in [0.29, 0.717) is 25.1 Å². The Morgan fingerprint density at radius 1 is 0.903 bits per heavy atom. The minimum absolute atomic E-state index is 0.203. The average Bonchev–Trinajstić information content (AvgIpc) is 2.69. The minimum atomic E-state index is -1.34. The van der Waals surface area contributed by atoms with Crippen LogP contribution in [0.25, 0.3) is 0 Å². The Morgan fingerprint density at radius 3 is 2.03 bits per heavy atom. The molecule has 9 N–H and O–H groups in total. The summed E-state index contributed by atoms with van der Waals surface area (Å²) < 4.78 is 0. The van der Waals surface area contributed by atoms with Gasteiger partial charge in [-0.25, -0.2) is 4.79 Å². The highest BCUT2D eigenvalue weighted by molar-refractivity contribution is 7.98. The zero-order valence-corrected chi connectivity index (χ0v) is 18.6. The van der Waals surface area contributed by atoms with Gasteiger partial charge in [-0.1, -0.05) is 0 Å². The lowest BCUT2D eigenvalue weighted by atomic mass is 10.1. The van der Waals surface area contributed by atoms with Gasteiger partial charge in [0.15, 0.2) is 0 Å². The smallest absolute Gasteiger partial charge is 0.326 e. The van der Waals surface area contributed by atoms with E-state index >= 15 is 0 Å². The maximum Gasteiger partial charge on any atom is 0.326 e. The van der Waals surface area contributed by atoms with Crippen LogP contribution in [0.1, 0.15) is 39.0 Å². The van der Waals surface area contributed by atoms with Crippen LogP contribution in [0.3, 0.4) is 0 Å². The maximum atomic E-state index is 12.6. The molecule has 0 saturated heterocycles. The van der Waals surface area contributed by atoms with Crippen molar-refractivity contribution < 1.29 is 34.2 Å². The molecule has 31 heavy (non-hydrogen) atoms. The first kappa shape index (κ1) is 28.6. The van der Waals surface area contributed by atoms with Crippen molar-refractivity contribution in [2.75, 3.05) is 18.6 Å². The molecule has 0 aromatic carbocycles. The fourth-order valence-corrected chi connectivity index (χ4v) is 2.96. The van der Waals surface area contributed by atoms with Crippen molar-refractivity contribution in [1.29, 1.82) is 0 Å². The summed E-state index contributed by atoms with van der Waals surface area (Å²) in [5.74, 6) is -4.07. The van der Waals surface area contributed by atoms with Gasteiger partial charge in [0.2, 0.25) is 17.7 Å². The predicted molar refractivity (Wildman–Crippen MR) is 115 cm³/mol. The maximum absolute atomic E-state index is 12.6. The number of amides is 3. The number of rotatable bonds is 16. The highest BCUT2D eigenvalue weighted by Crippen LogP contribution is 2.04. The molecule has 0 aliphatic carbocycles. The van der Waals surface area contributed by atoms with Gasteiger partial charge < -0.3 is 37.6 Å². The second-order valence-corrected chi connectivity index (χ2v) is 7.95. The number of aliphatic carboxylic acids is 2. The monoisotopic (exact) mass is 463 g/mol. The van der Waals surface area contributed by atoms with Gasteiger partial charge in [-0.05, 0) is 51.2 Å². The van der Waals surface area contributed by atoms with Gasteiger partial charge in [-0.2, -0.15) is 11.8 Å². The summed E-state index contributed by atoms with van der Waals surface area (Å²) in [7, 11) is 0. The fraction of sp³-hybridized carbons (Fsp3) is 0.722. The number of carboxylic acid groups (broad SMARTS) is 2. The van der Waals surface area contributed by atoms with Gasteiger partial charge in [-0.15, -0.1) is 0 Å². The van der Waals surface area contributed by atoms with Gasteiger partial charge in [0, 0.05) is 0 Å². The molecule has 4 unspecified atom stereocenters. The number of hydrogen-bond donors (Lipinski definition) is 7. The molecule has 0 saturated carbocycles. The lowest BCUT2D eigenvalue weighted by Gasteiger charge is -2.23. The van der Waals surface area contributed by atoms with E-state index in [4.69, 9.17) is 16.6 Å². The fourth-order valence-electron chi connectivity index (χ4n) is 2.49. The van der Waals surface area contributed by atoms with Crippen molar-refractivity contribution in [2.24, 2.45) is 11.5 Å². The molecule has 0 radical (unpaired) electrons. The summed E-state index contributed by atoms with van der Waals surface area (Å²) in [6.07, 6.45) is 2.72. The van der Waals surface area contributed by atoms with E-state index in [-0.39, 0.29) is 12.8 Å². The first-order valence-electron chi connectivity index (χ1n) is 9.83. The van der Waals surface area contributed by atoms with E-state index in [9.17, 15) is 29.1 Å². The molecular formula is C18H33N5O7S. The number of carboxylic acids is 2. The van der Waals surface area contributed by atoms with Crippen LogP contribution < -0.4 is 27.4 Å². The molecule has 0 aromatic heterocycles. The minimum Gasteiger partial charge on any atom is -0.481 e. The van der Waals surface area contributed by atoms with E-state index in [1.807, 2.05) is 6.26 Å². The van der Waals surface area contributed by atoms with Crippen LogP contribution in [0.15, 0.2) is 0 Å². The van der Waals surface area contributed by atoms with Gasteiger partial charge in [0.25, 0.3) is 0 Å². The molecule has 12 nitrogen and oxygen atoms in total. The SMILES string of the molecule is CSCCC(NC(=O)C(C)NC(=O)C(CCCCN)NC(=O)C(N)CC(=O)O)C(=O)O. The summed E-state index contributed by atoms with van der Waals surface area (Å²) in [5.41, 5.74) is 11.0. The normalized spacial score (nSPS) is 14.6. The van der Waals surface area contributed by atoms with E-state index in [2.05, 4.69) is 16.0 Å². The van der Waals surface area contributed by atoms with Crippen LogP contribution in [0, 0.1) is 0 Å². The van der Waals surface area contributed by atoms with E-state index in [1.165, 1.54) is 18.7 Å². The van der Waals surface area contributed by atoms with Crippen LogP contribution in [0.2, 0.25) is 0 Å². The van der Waals surface area contributed by atoms with Gasteiger partial charge in [-0.3, -0.25) is 19.2 Å². The number of unbranched alkanes of at least 4 members (excludes halogenated alkanes) is 1. The van der Waals surface area contributed by atoms with Crippen LogP contribution in [0.4, 0.5) is 0 Å². The Labute approximate surface area is 185 Å².